The summed E-state index contributed by atoms with van der Waals surface area (Å²) in [5, 5.41) is 5.94. The highest BCUT2D eigenvalue weighted by molar-refractivity contribution is 6.30. The highest BCUT2D eigenvalue weighted by Gasteiger charge is 2.26. The van der Waals surface area contributed by atoms with E-state index in [2.05, 4.69) is 10.1 Å². The Labute approximate surface area is 121 Å². The van der Waals surface area contributed by atoms with Crippen LogP contribution in [0.2, 0.25) is 5.15 Å². The fraction of sp³-hybridized carbons (Fsp3) is 0.571. The fourth-order valence-electron chi connectivity index (χ4n) is 2.64. The standard InChI is InChI=1S/C14H16ClN3O2/c15-13-7-12-11(14(17-13)20-10-1-2-10)8-16-18(12)9-3-5-19-6-4-9/h7-10H,1-6H2. The van der Waals surface area contributed by atoms with E-state index in [-0.39, 0.29) is 0 Å². The molecule has 0 atom stereocenters. The molecule has 1 aliphatic carbocycles. The van der Waals surface area contributed by atoms with Crippen LogP contribution in [0.3, 0.4) is 0 Å². The maximum atomic E-state index is 6.14. The Morgan fingerprint density at radius 2 is 2.05 bits per heavy atom. The van der Waals surface area contributed by atoms with Gasteiger partial charge in [-0.2, -0.15) is 5.10 Å². The number of nitrogens with zero attached hydrogens (tertiary/aromatic N) is 3. The lowest BCUT2D eigenvalue weighted by Crippen LogP contribution is -2.20. The molecule has 0 bridgehead atoms. The first-order valence-corrected chi connectivity index (χ1v) is 7.47. The van der Waals surface area contributed by atoms with Gasteiger partial charge in [-0.3, -0.25) is 4.68 Å². The van der Waals surface area contributed by atoms with Gasteiger partial charge < -0.3 is 9.47 Å². The van der Waals surface area contributed by atoms with Gasteiger partial charge in [0.15, 0.2) is 0 Å². The van der Waals surface area contributed by atoms with Crippen LogP contribution in [0.5, 0.6) is 5.88 Å². The predicted molar refractivity (Wildman–Crippen MR) is 75.3 cm³/mol. The van der Waals surface area contributed by atoms with Crippen molar-refractivity contribution < 1.29 is 9.47 Å². The zero-order valence-corrected chi connectivity index (χ0v) is 11.8. The van der Waals surface area contributed by atoms with E-state index in [1.54, 1.807) is 0 Å². The van der Waals surface area contributed by atoms with E-state index < -0.39 is 0 Å². The molecule has 2 aromatic rings. The van der Waals surface area contributed by atoms with Crippen LogP contribution >= 0.6 is 11.6 Å². The molecule has 0 unspecified atom stereocenters. The maximum absolute atomic E-state index is 6.14. The van der Waals surface area contributed by atoms with E-state index in [9.17, 15) is 0 Å². The van der Waals surface area contributed by atoms with E-state index in [4.69, 9.17) is 21.1 Å². The average molecular weight is 294 g/mol. The van der Waals surface area contributed by atoms with E-state index in [1.165, 1.54) is 0 Å². The van der Waals surface area contributed by atoms with Crippen LogP contribution in [0.4, 0.5) is 0 Å². The van der Waals surface area contributed by atoms with Crippen LogP contribution in [-0.4, -0.2) is 34.1 Å². The number of aromatic nitrogens is 3. The molecule has 20 heavy (non-hydrogen) atoms. The van der Waals surface area contributed by atoms with Crippen molar-refractivity contribution in [2.24, 2.45) is 0 Å². The molecule has 106 valence electrons. The van der Waals surface area contributed by atoms with Crippen molar-refractivity contribution >= 4 is 22.5 Å². The van der Waals surface area contributed by atoms with Gasteiger partial charge in [-0.05, 0) is 25.7 Å². The largest absolute Gasteiger partial charge is 0.474 e. The van der Waals surface area contributed by atoms with Crippen LogP contribution in [-0.2, 0) is 4.74 Å². The predicted octanol–water partition coefficient (Wildman–Crippen LogP) is 2.98. The molecule has 1 aliphatic heterocycles. The Balaban J connectivity index is 1.76. The second kappa shape index (κ2) is 4.90. The van der Waals surface area contributed by atoms with Gasteiger partial charge in [-0.15, -0.1) is 0 Å². The van der Waals surface area contributed by atoms with Gasteiger partial charge in [0.2, 0.25) is 5.88 Å². The van der Waals surface area contributed by atoms with Crippen molar-refractivity contribution in [3.05, 3.63) is 17.4 Å². The van der Waals surface area contributed by atoms with Crippen molar-refractivity contribution in [2.45, 2.75) is 37.8 Å². The summed E-state index contributed by atoms with van der Waals surface area (Å²) < 4.78 is 13.3. The Bertz CT molecular complexity index is 633. The number of fused-ring (bicyclic) bond motifs is 1. The quantitative estimate of drug-likeness (QED) is 0.816. The highest BCUT2D eigenvalue weighted by atomic mass is 35.5. The minimum Gasteiger partial charge on any atom is -0.474 e. The summed E-state index contributed by atoms with van der Waals surface area (Å²) in [4.78, 5) is 4.31. The molecular formula is C14H16ClN3O2. The second-order valence-corrected chi connectivity index (χ2v) is 5.82. The van der Waals surface area contributed by atoms with Crippen molar-refractivity contribution in [1.82, 2.24) is 14.8 Å². The normalized spacial score (nSPS) is 20.4. The Morgan fingerprint density at radius 1 is 1.25 bits per heavy atom. The molecule has 0 N–H and O–H groups in total. The van der Waals surface area contributed by atoms with Gasteiger partial charge >= 0.3 is 0 Å². The lowest BCUT2D eigenvalue weighted by molar-refractivity contribution is 0.0675. The zero-order chi connectivity index (χ0) is 13.5. The van der Waals surface area contributed by atoms with E-state index in [0.29, 0.717) is 23.2 Å². The van der Waals surface area contributed by atoms with E-state index in [1.807, 2.05) is 16.9 Å². The van der Waals surface area contributed by atoms with Gasteiger partial charge in [0.1, 0.15) is 11.3 Å². The third-order valence-corrected chi connectivity index (χ3v) is 4.06. The number of ether oxygens (including phenoxy) is 2. The summed E-state index contributed by atoms with van der Waals surface area (Å²) in [7, 11) is 0. The minimum atomic E-state index is 0.301. The molecule has 3 heterocycles. The molecule has 0 radical (unpaired) electrons. The first-order chi connectivity index (χ1) is 9.81. The number of rotatable bonds is 3. The first-order valence-electron chi connectivity index (χ1n) is 7.09. The van der Waals surface area contributed by atoms with Crippen LogP contribution in [0.25, 0.3) is 10.9 Å². The summed E-state index contributed by atoms with van der Waals surface area (Å²) in [5.74, 6) is 0.619. The number of pyridine rings is 1. The summed E-state index contributed by atoms with van der Waals surface area (Å²) >= 11 is 6.14. The van der Waals surface area contributed by atoms with Crippen molar-refractivity contribution in [1.29, 1.82) is 0 Å². The Morgan fingerprint density at radius 3 is 2.80 bits per heavy atom. The van der Waals surface area contributed by atoms with Gasteiger partial charge in [0, 0.05) is 19.3 Å². The van der Waals surface area contributed by atoms with Crippen LogP contribution in [0, 0.1) is 0 Å². The number of hydrogen-bond donors (Lipinski definition) is 0. The van der Waals surface area contributed by atoms with E-state index in [0.717, 1.165) is 49.8 Å². The first kappa shape index (κ1) is 12.4. The molecule has 2 aromatic heterocycles. The third kappa shape index (κ3) is 2.25. The topological polar surface area (TPSA) is 49.2 Å². The summed E-state index contributed by atoms with van der Waals surface area (Å²) in [6.45, 7) is 1.58. The minimum absolute atomic E-state index is 0.301. The molecule has 5 nitrogen and oxygen atoms in total. The fourth-order valence-corrected chi connectivity index (χ4v) is 2.82. The van der Waals surface area contributed by atoms with Gasteiger partial charge in [-0.1, -0.05) is 11.6 Å². The lowest BCUT2D eigenvalue weighted by atomic mass is 10.1. The highest BCUT2D eigenvalue weighted by Crippen LogP contribution is 2.34. The molecule has 4 rings (SSSR count). The van der Waals surface area contributed by atoms with Crippen LogP contribution in [0.15, 0.2) is 12.3 Å². The molecule has 1 saturated carbocycles. The van der Waals surface area contributed by atoms with E-state index >= 15 is 0 Å². The lowest BCUT2D eigenvalue weighted by Gasteiger charge is -2.23. The molecule has 1 saturated heterocycles. The summed E-state index contributed by atoms with van der Waals surface area (Å²) in [5.41, 5.74) is 1.01. The number of hydrogen-bond acceptors (Lipinski definition) is 4. The van der Waals surface area contributed by atoms with Crippen LogP contribution < -0.4 is 4.74 Å². The smallest absolute Gasteiger partial charge is 0.226 e. The molecular weight excluding hydrogens is 278 g/mol. The van der Waals surface area contributed by atoms with Gasteiger partial charge in [0.05, 0.1) is 23.1 Å². The average Bonchev–Trinajstić information content (AvgIpc) is 3.17. The Hall–Kier alpha value is -1.33. The molecule has 6 heteroatoms. The zero-order valence-electron chi connectivity index (χ0n) is 11.1. The SMILES string of the molecule is Clc1cc2c(cnn2C2CCOCC2)c(OC2CC2)n1. The van der Waals surface area contributed by atoms with Crippen molar-refractivity contribution in [3.63, 3.8) is 0 Å². The molecule has 0 amide bonds. The van der Waals surface area contributed by atoms with Crippen molar-refractivity contribution in [3.8, 4) is 5.88 Å². The molecule has 0 spiro atoms. The monoisotopic (exact) mass is 293 g/mol. The molecule has 2 aliphatic rings. The van der Waals surface area contributed by atoms with Crippen molar-refractivity contribution in [2.75, 3.05) is 13.2 Å². The maximum Gasteiger partial charge on any atom is 0.226 e. The summed E-state index contributed by atoms with van der Waals surface area (Å²) in [6.07, 6.45) is 6.31. The molecule has 2 fully saturated rings. The second-order valence-electron chi connectivity index (χ2n) is 5.43. The number of halogens is 1. The van der Waals surface area contributed by atoms with Gasteiger partial charge in [-0.25, -0.2) is 4.98 Å². The Kier molecular flexibility index (Phi) is 3.04. The van der Waals surface area contributed by atoms with Crippen LogP contribution in [0.1, 0.15) is 31.7 Å². The third-order valence-electron chi connectivity index (χ3n) is 3.87. The summed E-state index contributed by atoms with van der Waals surface area (Å²) in [6, 6.07) is 2.24. The molecule has 0 aromatic carbocycles. The van der Waals surface area contributed by atoms with Gasteiger partial charge in [0.25, 0.3) is 0 Å².